The van der Waals surface area contributed by atoms with Crippen molar-refractivity contribution in [2.45, 2.75) is 51.6 Å². The third-order valence-corrected chi connectivity index (χ3v) is 4.03. The fourth-order valence-electron chi connectivity index (χ4n) is 2.75. The summed E-state index contributed by atoms with van der Waals surface area (Å²) in [4.78, 5) is 18.3. The van der Waals surface area contributed by atoms with Crippen molar-refractivity contribution >= 4 is 5.91 Å². The minimum atomic E-state index is -0.0462. The van der Waals surface area contributed by atoms with Gasteiger partial charge in [0.2, 0.25) is 11.8 Å². The molecule has 0 aromatic carbocycles. The number of rotatable bonds is 7. The lowest BCUT2D eigenvalue weighted by Gasteiger charge is -2.34. The first kappa shape index (κ1) is 16.9. The van der Waals surface area contributed by atoms with Gasteiger partial charge in [0.05, 0.1) is 6.04 Å². The molecule has 1 atom stereocenters. The average Bonchev–Trinajstić information content (AvgIpc) is 2.96. The van der Waals surface area contributed by atoms with E-state index in [0.29, 0.717) is 5.89 Å². The summed E-state index contributed by atoms with van der Waals surface area (Å²) >= 11 is 0. The van der Waals surface area contributed by atoms with Gasteiger partial charge >= 0.3 is 0 Å². The number of nitrogens with one attached hydrogen (secondary N) is 1. The van der Waals surface area contributed by atoms with Crippen molar-refractivity contribution in [3.05, 3.63) is 11.7 Å². The molecule has 0 unspecified atom stereocenters. The Kier molecular flexibility index (Phi) is 6.33. The summed E-state index contributed by atoms with van der Waals surface area (Å²) < 4.78 is 10.2. The first-order valence-corrected chi connectivity index (χ1v) is 7.98. The van der Waals surface area contributed by atoms with Crippen molar-refractivity contribution in [2.24, 2.45) is 0 Å². The van der Waals surface area contributed by atoms with Crippen molar-refractivity contribution in [1.29, 1.82) is 0 Å². The zero-order chi connectivity index (χ0) is 15.9. The van der Waals surface area contributed by atoms with Crippen LogP contribution in [0.5, 0.6) is 0 Å². The number of carbonyl (C=O) groups excluding carboxylic acids is 1. The molecule has 7 nitrogen and oxygen atoms in total. The number of amides is 1. The van der Waals surface area contributed by atoms with E-state index < -0.39 is 0 Å². The Morgan fingerprint density at radius 3 is 2.86 bits per heavy atom. The number of methoxy groups -OCH3 is 1. The van der Waals surface area contributed by atoms with E-state index in [1.165, 1.54) is 7.11 Å². The van der Waals surface area contributed by atoms with Crippen molar-refractivity contribution < 1.29 is 14.1 Å². The van der Waals surface area contributed by atoms with Crippen LogP contribution in [-0.2, 0) is 16.0 Å². The van der Waals surface area contributed by atoms with E-state index in [9.17, 15) is 4.79 Å². The molecule has 0 aliphatic carbocycles. The van der Waals surface area contributed by atoms with Gasteiger partial charge in [0, 0.05) is 32.7 Å². The van der Waals surface area contributed by atoms with Gasteiger partial charge in [0.25, 0.3) is 0 Å². The Labute approximate surface area is 131 Å². The molecule has 1 aliphatic heterocycles. The third kappa shape index (κ3) is 4.51. The summed E-state index contributed by atoms with van der Waals surface area (Å²) in [6, 6.07) is 0.346. The summed E-state index contributed by atoms with van der Waals surface area (Å²) in [6.45, 7) is 6.13. The highest BCUT2D eigenvalue weighted by atomic mass is 16.5. The van der Waals surface area contributed by atoms with Gasteiger partial charge in [0.15, 0.2) is 5.82 Å². The van der Waals surface area contributed by atoms with Crippen LogP contribution < -0.4 is 5.32 Å². The molecule has 1 fully saturated rings. The Hall–Kier alpha value is -1.47. The Morgan fingerprint density at radius 2 is 2.23 bits per heavy atom. The van der Waals surface area contributed by atoms with E-state index in [-0.39, 0.29) is 24.6 Å². The molecule has 0 spiro atoms. The summed E-state index contributed by atoms with van der Waals surface area (Å²) in [5, 5.41) is 7.01. The molecule has 1 N–H and O–H groups in total. The standard InChI is InChI=1S/C15H26N4O3/c1-4-5-13-17-15(22-18-13)11(2)19-8-6-12(7-9-19)16-14(20)10-21-3/h11-12H,4-10H2,1-3H3,(H,16,20)/t11-/m1/s1. The Morgan fingerprint density at radius 1 is 1.50 bits per heavy atom. The molecule has 1 aromatic rings. The number of likely N-dealkylation sites (tertiary alicyclic amines) is 1. The minimum Gasteiger partial charge on any atom is -0.375 e. The lowest BCUT2D eigenvalue weighted by atomic mass is 10.0. The summed E-state index contributed by atoms with van der Waals surface area (Å²) in [7, 11) is 1.53. The predicted octanol–water partition coefficient (Wildman–Crippen LogP) is 1.31. The predicted molar refractivity (Wildman–Crippen MR) is 81.3 cm³/mol. The van der Waals surface area contributed by atoms with E-state index in [4.69, 9.17) is 9.26 Å². The van der Waals surface area contributed by atoms with Crippen LogP contribution in [0.25, 0.3) is 0 Å². The topological polar surface area (TPSA) is 80.5 Å². The zero-order valence-corrected chi connectivity index (χ0v) is 13.7. The molecule has 22 heavy (non-hydrogen) atoms. The first-order chi connectivity index (χ1) is 10.6. The van der Waals surface area contributed by atoms with Crippen LogP contribution >= 0.6 is 0 Å². The molecule has 0 saturated carbocycles. The van der Waals surface area contributed by atoms with Gasteiger partial charge in [-0.1, -0.05) is 12.1 Å². The second-order valence-corrected chi connectivity index (χ2v) is 5.79. The van der Waals surface area contributed by atoms with Gasteiger partial charge in [-0.3, -0.25) is 9.69 Å². The average molecular weight is 310 g/mol. The third-order valence-electron chi connectivity index (χ3n) is 4.03. The molecule has 1 aromatic heterocycles. The van der Waals surface area contributed by atoms with Crippen LogP contribution in [0, 0.1) is 0 Å². The van der Waals surface area contributed by atoms with Gasteiger partial charge in [-0.05, 0) is 26.2 Å². The van der Waals surface area contributed by atoms with E-state index >= 15 is 0 Å². The number of hydrogen-bond acceptors (Lipinski definition) is 6. The second kappa shape index (κ2) is 8.24. The maximum absolute atomic E-state index is 11.5. The fourth-order valence-corrected chi connectivity index (χ4v) is 2.75. The first-order valence-electron chi connectivity index (χ1n) is 7.98. The van der Waals surface area contributed by atoms with Crippen LogP contribution in [0.15, 0.2) is 4.52 Å². The monoisotopic (exact) mass is 310 g/mol. The number of hydrogen-bond donors (Lipinski definition) is 1. The Bertz CT molecular complexity index is 469. The number of aromatic nitrogens is 2. The normalized spacial score (nSPS) is 18.3. The molecule has 1 aliphatic rings. The van der Waals surface area contributed by atoms with Gasteiger partial charge in [-0.2, -0.15) is 4.98 Å². The van der Waals surface area contributed by atoms with Crippen molar-refractivity contribution in [2.75, 3.05) is 26.8 Å². The lowest BCUT2D eigenvalue weighted by molar-refractivity contribution is -0.125. The zero-order valence-electron chi connectivity index (χ0n) is 13.7. The molecule has 124 valence electrons. The van der Waals surface area contributed by atoms with Crippen LogP contribution in [0.3, 0.4) is 0 Å². The van der Waals surface area contributed by atoms with Crippen LogP contribution in [0.2, 0.25) is 0 Å². The van der Waals surface area contributed by atoms with Crippen molar-refractivity contribution in [3.63, 3.8) is 0 Å². The van der Waals surface area contributed by atoms with Crippen molar-refractivity contribution in [1.82, 2.24) is 20.4 Å². The molecular weight excluding hydrogens is 284 g/mol. The highest BCUT2D eigenvalue weighted by Gasteiger charge is 2.27. The second-order valence-electron chi connectivity index (χ2n) is 5.79. The molecule has 7 heteroatoms. The van der Waals surface area contributed by atoms with Crippen LogP contribution in [0.4, 0.5) is 0 Å². The highest BCUT2D eigenvalue weighted by molar-refractivity contribution is 5.77. The lowest BCUT2D eigenvalue weighted by Crippen LogP contribution is -2.46. The number of aryl methyl sites for hydroxylation is 1. The number of carbonyl (C=O) groups is 1. The molecule has 2 heterocycles. The number of ether oxygens (including phenoxy) is 1. The van der Waals surface area contributed by atoms with E-state index in [1.807, 2.05) is 0 Å². The van der Waals surface area contributed by atoms with Gasteiger partial charge < -0.3 is 14.6 Å². The molecular formula is C15H26N4O3. The van der Waals surface area contributed by atoms with E-state index in [2.05, 4.69) is 34.2 Å². The summed E-state index contributed by atoms with van der Waals surface area (Å²) in [5.41, 5.74) is 0. The van der Waals surface area contributed by atoms with Crippen molar-refractivity contribution in [3.8, 4) is 0 Å². The number of piperidine rings is 1. The van der Waals surface area contributed by atoms with E-state index in [0.717, 1.165) is 44.6 Å². The van der Waals surface area contributed by atoms with Gasteiger partial charge in [-0.15, -0.1) is 0 Å². The fraction of sp³-hybridized carbons (Fsp3) is 0.800. The Balaban J connectivity index is 1.81. The van der Waals surface area contributed by atoms with Crippen LogP contribution in [-0.4, -0.2) is 53.8 Å². The SMILES string of the molecule is CCCc1noc([C@@H](C)N2CCC(NC(=O)COC)CC2)n1. The molecule has 0 bridgehead atoms. The molecule has 2 rings (SSSR count). The molecule has 1 amide bonds. The molecule has 0 radical (unpaired) electrons. The maximum Gasteiger partial charge on any atom is 0.246 e. The van der Waals surface area contributed by atoms with Gasteiger partial charge in [-0.25, -0.2) is 0 Å². The van der Waals surface area contributed by atoms with E-state index in [1.54, 1.807) is 0 Å². The number of nitrogens with zero attached hydrogens (tertiary/aromatic N) is 3. The largest absolute Gasteiger partial charge is 0.375 e. The quantitative estimate of drug-likeness (QED) is 0.818. The smallest absolute Gasteiger partial charge is 0.246 e. The van der Waals surface area contributed by atoms with Crippen LogP contribution in [0.1, 0.15) is 50.9 Å². The summed E-state index contributed by atoms with van der Waals surface area (Å²) in [6.07, 6.45) is 3.72. The van der Waals surface area contributed by atoms with Gasteiger partial charge in [0.1, 0.15) is 6.61 Å². The highest BCUT2D eigenvalue weighted by Crippen LogP contribution is 2.23. The minimum absolute atomic E-state index is 0.0462. The maximum atomic E-state index is 11.5. The molecule has 1 saturated heterocycles. The summed E-state index contributed by atoms with van der Waals surface area (Å²) in [5.74, 6) is 1.42.